The fourth-order valence-electron chi connectivity index (χ4n) is 3.17. The summed E-state index contributed by atoms with van der Waals surface area (Å²) >= 11 is 0. The molecule has 0 fully saturated rings. The summed E-state index contributed by atoms with van der Waals surface area (Å²) in [5.41, 5.74) is 8.71. The molecule has 2 rings (SSSR count). The first-order valence-corrected chi connectivity index (χ1v) is 10.1. The minimum atomic E-state index is 0.145. The van der Waals surface area contributed by atoms with E-state index in [0.29, 0.717) is 11.8 Å². The topological polar surface area (TPSA) is 0 Å². The molecule has 0 aliphatic rings. The lowest BCUT2D eigenvalue weighted by Gasteiger charge is -2.26. The van der Waals surface area contributed by atoms with Crippen LogP contribution in [0, 0.1) is 0 Å². The lowest BCUT2D eigenvalue weighted by atomic mass is 9.78. The molecule has 0 nitrogen and oxygen atoms in total. The number of rotatable bonds is 3. The number of hydrogen-bond acceptors (Lipinski definition) is 0. The van der Waals surface area contributed by atoms with E-state index >= 15 is 0 Å². The van der Waals surface area contributed by atoms with Crippen molar-refractivity contribution < 1.29 is 0 Å². The quantitative estimate of drug-likeness (QED) is 0.523. The zero-order valence-corrected chi connectivity index (χ0v) is 18.6. The summed E-state index contributed by atoms with van der Waals surface area (Å²) in [4.78, 5) is 0. The Bertz CT molecular complexity index is 703. The third kappa shape index (κ3) is 4.78. The van der Waals surface area contributed by atoms with Gasteiger partial charge in [-0.25, -0.2) is 0 Å². The average molecular weight is 351 g/mol. The molecule has 0 unspecified atom stereocenters. The van der Waals surface area contributed by atoms with Gasteiger partial charge in [-0.3, -0.25) is 0 Å². The minimum Gasteiger partial charge on any atom is -0.0587 e. The number of hydrogen-bond donors (Lipinski definition) is 0. The lowest BCUT2D eigenvalue weighted by molar-refractivity contribution is 0.569. The van der Waals surface area contributed by atoms with E-state index in [4.69, 9.17) is 0 Å². The molecule has 0 saturated carbocycles. The van der Waals surface area contributed by atoms with E-state index in [9.17, 15) is 0 Å². The van der Waals surface area contributed by atoms with Crippen LogP contribution in [-0.4, -0.2) is 0 Å². The smallest absolute Gasteiger partial charge is 0.0132 e. The SMILES string of the molecule is CC(C)c1cc(-c2cc(C(C)(C)C)cc(C(C)(C)C)c2)cc(C(C)C)c1. The molecule has 0 aromatic heterocycles. The van der Waals surface area contributed by atoms with E-state index in [2.05, 4.69) is 106 Å². The van der Waals surface area contributed by atoms with Crippen LogP contribution < -0.4 is 0 Å². The minimum absolute atomic E-state index is 0.145. The Morgan fingerprint density at radius 2 is 0.846 bits per heavy atom. The first kappa shape index (κ1) is 20.7. The molecule has 0 amide bonds. The van der Waals surface area contributed by atoms with Crippen LogP contribution in [0.25, 0.3) is 11.1 Å². The van der Waals surface area contributed by atoms with Gasteiger partial charge >= 0.3 is 0 Å². The second-order valence-corrected chi connectivity index (χ2v) is 10.5. The van der Waals surface area contributed by atoms with E-state index in [1.807, 2.05) is 0 Å². The molecule has 0 aliphatic carbocycles. The van der Waals surface area contributed by atoms with Crippen LogP contribution in [0.1, 0.15) is 103 Å². The normalized spacial score (nSPS) is 12.9. The van der Waals surface area contributed by atoms with Gasteiger partial charge in [-0.2, -0.15) is 0 Å². The van der Waals surface area contributed by atoms with Crippen LogP contribution in [-0.2, 0) is 10.8 Å². The molecule has 0 bridgehead atoms. The maximum Gasteiger partial charge on any atom is -0.0132 e. The molecular formula is C26H38. The Labute approximate surface area is 162 Å². The largest absolute Gasteiger partial charge is 0.0587 e. The van der Waals surface area contributed by atoms with Crippen molar-refractivity contribution >= 4 is 0 Å². The van der Waals surface area contributed by atoms with Gasteiger partial charge < -0.3 is 0 Å². The highest BCUT2D eigenvalue weighted by atomic mass is 14.3. The van der Waals surface area contributed by atoms with Crippen molar-refractivity contribution in [2.45, 2.75) is 91.9 Å². The third-order valence-electron chi connectivity index (χ3n) is 5.31. The van der Waals surface area contributed by atoms with Gasteiger partial charge in [0, 0.05) is 0 Å². The van der Waals surface area contributed by atoms with Crippen LogP contribution in [0.2, 0.25) is 0 Å². The first-order chi connectivity index (χ1) is 11.8. The lowest BCUT2D eigenvalue weighted by Crippen LogP contribution is -2.16. The summed E-state index contributed by atoms with van der Waals surface area (Å²) in [6, 6.07) is 14.4. The molecule has 0 radical (unpaired) electrons. The standard InChI is InChI=1S/C26H38/c1-17(2)19-11-20(18(3)4)13-21(12-19)22-14-23(25(5,6)7)16-24(15-22)26(8,9)10/h11-18H,1-10H3. The molecule has 0 heterocycles. The Morgan fingerprint density at radius 1 is 0.500 bits per heavy atom. The molecule has 26 heavy (non-hydrogen) atoms. The predicted molar refractivity (Wildman–Crippen MR) is 117 cm³/mol. The second kappa shape index (κ2) is 7.22. The van der Waals surface area contributed by atoms with Crippen LogP contribution >= 0.6 is 0 Å². The van der Waals surface area contributed by atoms with Crippen molar-refractivity contribution in [3.8, 4) is 11.1 Å². The molecule has 2 aromatic rings. The summed E-state index contributed by atoms with van der Waals surface area (Å²) in [5, 5.41) is 0. The fraction of sp³-hybridized carbons (Fsp3) is 0.538. The molecule has 142 valence electrons. The van der Waals surface area contributed by atoms with Crippen molar-refractivity contribution in [3.63, 3.8) is 0 Å². The molecule has 0 spiro atoms. The summed E-state index contributed by atoms with van der Waals surface area (Å²) < 4.78 is 0. The van der Waals surface area contributed by atoms with Crippen molar-refractivity contribution in [3.05, 3.63) is 58.7 Å². The first-order valence-electron chi connectivity index (χ1n) is 10.1. The highest BCUT2D eigenvalue weighted by Crippen LogP contribution is 2.36. The summed E-state index contributed by atoms with van der Waals surface area (Å²) in [7, 11) is 0. The van der Waals surface area contributed by atoms with Gasteiger partial charge in [0.25, 0.3) is 0 Å². The summed E-state index contributed by atoms with van der Waals surface area (Å²) in [6.45, 7) is 23.0. The van der Waals surface area contributed by atoms with Crippen LogP contribution in [0.4, 0.5) is 0 Å². The monoisotopic (exact) mass is 350 g/mol. The van der Waals surface area contributed by atoms with E-state index in [0.717, 1.165) is 0 Å². The molecule has 0 atom stereocenters. The van der Waals surface area contributed by atoms with E-state index in [-0.39, 0.29) is 10.8 Å². The zero-order valence-electron chi connectivity index (χ0n) is 18.6. The average Bonchev–Trinajstić information content (AvgIpc) is 2.52. The predicted octanol–water partition coefficient (Wildman–Crippen LogP) is 8.20. The van der Waals surface area contributed by atoms with Crippen LogP contribution in [0.3, 0.4) is 0 Å². The Hall–Kier alpha value is -1.56. The van der Waals surface area contributed by atoms with E-state index in [1.165, 1.54) is 33.4 Å². The highest BCUT2D eigenvalue weighted by molar-refractivity contribution is 5.68. The number of benzene rings is 2. The van der Waals surface area contributed by atoms with Crippen molar-refractivity contribution in [1.82, 2.24) is 0 Å². The highest BCUT2D eigenvalue weighted by Gasteiger charge is 2.21. The van der Waals surface area contributed by atoms with Gasteiger partial charge in [-0.05, 0) is 56.0 Å². The van der Waals surface area contributed by atoms with Gasteiger partial charge in [0.05, 0.1) is 0 Å². The van der Waals surface area contributed by atoms with Gasteiger partial charge in [-0.1, -0.05) is 106 Å². The Balaban J connectivity index is 2.74. The molecular weight excluding hydrogens is 312 g/mol. The molecule has 0 N–H and O–H groups in total. The van der Waals surface area contributed by atoms with Gasteiger partial charge in [0.2, 0.25) is 0 Å². The zero-order chi connectivity index (χ0) is 19.9. The Kier molecular flexibility index (Phi) is 5.76. The fourth-order valence-corrected chi connectivity index (χ4v) is 3.17. The van der Waals surface area contributed by atoms with Crippen molar-refractivity contribution in [2.24, 2.45) is 0 Å². The molecule has 2 aromatic carbocycles. The molecule has 0 heteroatoms. The maximum atomic E-state index is 2.40. The van der Waals surface area contributed by atoms with Gasteiger partial charge in [-0.15, -0.1) is 0 Å². The van der Waals surface area contributed by atoms with Gasteiger partial charge in [0.15, 0.2) is 0 Å². The van der Waals surface area contributed by atoms with E-state index in [1.54, 1.807) is 0 Å². The van der Waals surface area contributed by atoms with Crippen LogP contribution in [0.5, 0.6) is 0 Å². The summed E-state index contributed by atoms with van der Waals surface area (Å²) in [5.74, 6) is 1.08. The van der Waals surface area contributed by atoms with Crippen LogP contribution in [0.15, 0.2) is 36.4 Å². The second-order valence-electron chi connectivity index (χ2n) is 10.5. The maximum absolute atomic E-state index is 2.40. The van der Waals surface area contributed by atoms with E-state index < -0.39 is 0 Å². The van der Waals surface area contributed by atoms with Crippen molar-refractivity contribution in [1.29, 1.82) is 0 Å². The molecule has 0 aliphatic heterocycles. The molecule has 0 saturated heterocycles. The Morgan fingerprint density at radius 3 is 1.15 bits per heavy atom. The van der Waals surface area contributed by atoms with Gasteiger partial charge in [0.1, 0.15) is 0 Å². The van der Waals surface area contributed by atoms with Crippen molar-refractivity contribution in [2.75, 3.05) is 0 Å². The summed E-state index contributed by atoms with van der Waals surface area (Å²) in [6.07, 6.45) is 0. The third-order valence-corrected chi connectivity index (χ3v) is 5.31.